The SMILES string of the molecule is Cc1cc(N2C(=S)N[C@H](c3ccccn3)[C@@H]2c2cccn2-c2ccc(O)cc2)ccc1F. The zero-order chi connectivity index (χ0) is 22.2. The van der Waals surface area contributed by atoms with Gasteiger partial charge in [-0.15, -0.1) is 0 Å². The van der Waals surface area contributed by atoms with Crippen molar-refractivity contribution in [2.75, 3.05) is 4.90 Å². The van der Waals surface area contributed by atoms with Crippen LogP contribution in [0.3, 0.4) is 0 Å². The summed E-state index contributed by atoms with van der Waals surface area (Å²) in [5.41, 5.74) is 4.12. The second-order valence-electron chi connectivity index (χ2n) is 7.75. The van der Waals surface area contributed by atoms with E-state index < -0.39 is 0 Å². The maximum absolute atomic E-state index is 14.0. The van der Waals surface area contributed by atoms with Gasteiger partial charge in [0, 0.05) is 29.5 Å². The predicted octanol–water partition coefficient (Wildman–Crippen LogP) is 5.20. The second kappa shape index (κ2) is 8.09. The van der Waals surface area contributed by atoms with Crippen LogP contribution in [0, 0.1) is 12.7 Å². The topological polar surface area (TPSA) is 53.3 Å². The average Bonchev–Trinajstić information content (AvgIpc) is 3.41. The number of nitrogens with one attached hydrogen (secondary N) is 1. The summed E-state index contributed by atoms with van der Waals surface area (Å²) in [4.78, 5) is 6.60. The van der Waals surface area contributed by atoms with E-state index in [9.17, 15) is 9.50 Å². The van der Waals surface area contributed by atoms with Crippen LogP contribution in [0.2, 0.25) is 0 Å². The van der Waals surface area contributed by atoms with Gasteiger partial charge >= 0.3 is 0 Å². The van der Waals surface area contributed by atoms with Gasteiger partial charge in [-0.3, -0.25) is 4.98 Å². The molecule has 3 heterocycles. The van der Waals surface area contributed by atoms with E-state index in [0.717, 1.165) is 22.8 Å². The molecule has 32 heavy (non-hydrogen) atoms. The zero-order valence-corrected chi connectivity index (χ0v) is 18.1. The number of aryl methyl sites for hydroxylation is 1. The van der Waals surface area contributed by atoms with Gasteiger partial charge < -0.3 is 19.9 Å². The Labute approximate surface area is 190 Å². The summed E-state index contributed by atoms with van der Waals surface area (Å²) in [6.07, 6.45) is 3.74. The number of hydrogen-bond acceptors (Lipinski definition) is 3. The van der Waals surface area contributed by atoms with Crippen LogP contribution in [0.5, 0.6) is 5.75 Å². The maximum Gasteiger partial charge on any atom is 0.174 e. The highest BCUT2D eigenvalue weighted by Crippen LogP contribution is 2.42. The number of hydrogen-bond donors (Lipinski definition) is 2. The Morgan fingerprint density at radius 1 is 1.00 bits per heavy atom. The van der Waals surface area contributed by atoms with E-state index >= 15 is 0 Å². The number of phenols is 1. The molecule has 2 N–H and O–H groups in total. The normalized spacial score (nSPS) is 18.1. The van der Waals surface area contributed by atoms with Crippen molar-refractivity contribution in [3.8, 4) is 11.4 Å². The van der Waals surface area contributed by atoms with E-state index in [1.165, 1.54) is 6.07 Å². The molecule has 4 aromatic rings. The number of benzene rings is 2. The lowest BCUT2D eigenvalue weighted by Crippen LogP contribution is -2.30. The highest BCUT2D eigenvalue weighted by molar-refractivity contribution is 7.80. The van der Waals surface area contributed by atoms with Crippen molar-refractivity contribution in [2.24, 2.45) is 0 Å². The van der Waals surface area contributed by atoms with Gasteiger partial charge in [-0.05, 0) is 91.4 Å². The van der Waals surface area contributed by atoms with E-state index in [1.54, 1.807) is 31.3 Å². The third-order valence-corrected chi connectivity index (χ3v) is 6.04. The predicted molar refractivity (Wildman–Crippen MR) is 127 cm³/mol. The first kappa shape index (κ1) is 20.2. The Balaban J connectivity index is 1.67. The van der Waals surface area contributed by atoms with E-state index in [0.29, 0.717) is 10.7 Å². The van der Waals surface area contributed by atoms with Gasteiger partial charge in [-0.1, -0.05) is 6.07 Å². The highest BCUT2D eigenvalue weighted by atomic mass is 32.1. The van der Waals surface area contributed by atoms with Crippen LogP contribution in [0.15, 0.2) is 85.2 Å². The Bertz CT molecular complexity index is 1270. The molecular weight excluding hydrogens is 423 g/mol. The number of nitrogens with zero attached hydrogens (tertiary/aromatic N) is 3. The van der Waals surface area contributed by atoms with Crippen LogP contribution < -0.4 is 10.2 Å². The van der Waals surface area contributed by atoms with Gasteiger partial charge in [0.2, 0.25) is 0 Å². The van der Waals surface area contributed by atoms with Crippen LogP contribution >= 0.6 is 12.2 Å². The van der Waals surface area contributed by atoms with Gasteiger partial charge in [0.25, 0.3) is 0 Å². The molecule has 7 heteroatoms. The summed E-state index contributed by atoms with van der Waals surface area (Å²) in [5.74, 6) is -0.0435. The summed E-state index contributed by atoms with van der Waals surface area (Å²) < 4.78 is 16.1. The Kier molecular flexibility index (Phi) is 5.11. The molecule has 0 amide bonds. The molecule has 2 aromatic heterocycles. The summed E-state index contributed by atoms with van der Waals surface area (Å²) >= 11 is 5.75. The largest absolute Gasteiger partial charge is 0.508 e. The smallest absolute Gasteiger partial charge is 0.174 e. The molecule has 0 spiro atoms. The lowest BCUT2D eigenvalue weighted by molar-refractivity contribution is 0.475. The number of pyridine rings is 1. The maximum atomic E-state index is 14.0. The Morgan fingerprint density at radius 3 is 2.50 bits per heavy atom. The van der Waals surface area contributed by atoms with Gasteiger partial charge in [0.15, 0.2) is 5.11 Å². The minimum atomic E-state index is -0.253. The molecule has 1 fully saturated rings. The van der Waals surface area contributed by atoms with Crippen molar-refractivity contribution in [2.45, 2.75) is 19.0 Å². The number of halogens is 1. The fraction of sp³-hybridized carbons (Fsp3) is 0.120. The van der Waals surface area contributed by atoms with Crippen LogP contribution in [0.25, 0.3) is 5.69 Å². The fourth-order valence-corrected chi connectivity index (χ4v) is 4.54. The number of aromatic nitrogens is 2. The lowest BCUT2D eigenvalue weighted by atomic mass is 10.0. The first-order chi connectivity index (χ1) is 15.5. The molecule has 2 aromatic carbocycles. The summed E-state index contributed by atoms with van der Waals surface area (Å²) in [5, 5.41) is 13.7. The zero-order valence-electron chi connectivity index (χ0n) is 17.3. The first-order valence-electron chi connectivity index (χ1n) is 10.3. The molecule has 0 saturated carbocycles. The van der Waals surface area contributed by atoms with Crippen molar-refractivity contribution in [1.82, 2.24) is 14.9 Å². The van der Waals surface area contributed by atoms with E-state index in [2.05, 4.69) is 14.9 Å². The molecular formula is C25H21FN4OS. The van der Waals surface area contributed by atoms with Crippen molar-refractivity contribution < 1.29 is 9.50 Å². The monoisotopic (exact) mass is 444 g/mol. The Morgan fingerprint density at radius 2 is 1.78 bits per heavy atom. The molecule has 5 nitrogen and oxygen atoms in total. The van der Waals surface area contributed by atoms with Crippen LogP contribution in [0.1, 0.15) is 29.0 Å². The lowest BCUT2D eigenvalue weighted by Gasteiger charge is -2.29. The Hall–Kier alpha value is -3.71. The molecule has 0 unspecified atom stereocenters. The van der Waals surface area contributed by atoms with Crippen LogP contribution in [-0.2, 0) is 0 Å². The fourth-order valence-electron chi connectivity index (χ4n) is 4.20. The molecule has 0 aliphatic carbocycles. The minimum Gasteiger partial charge on any atom is -0.508 e. The average molecular weight is 445 g/mol. The molecule has 1 aliphatic heterocycles. The quantitative estimate of drug-likeness (QED) is 0.424. The van der Waals surface area contributed by atoms with Crippen molar-refractivity contribution in [1.29, 1.82) is 0 Å². The van der Waals surface area contributed by atoms with Crippen LogP contribution in [0.4, 0.5) is 10.1 Å². The number of phenolic OH excluding ortho intramolecular Hbond substituents is 1. The first-order valence-corrected chi connectivity index (χ1v) is 10.7. The summed E-state index contributed by atoms with van der Waals surface area (Å²) in [7, 11) is 0. The second-order valence-corrected chi connectivity index (χ2v) is 8.14. The van der Waals surface area contributed by atoms with Crippen molar-refractivity contribution >= 4 is 23.0 Å². The summed E-state index contributed by atoms with van der Waals surface area (Å²) in [6, 6.07) is 21.5. The van der Waals surface area contributed by atoms with Gasteiger partial charge in [0.05, 0.1) is 11.7 Å². The van der Waals surface area contributed by atoms with E-state index in [-0.39, 0.29) is 23.7 Å². The molecule has 5 rings (SSSR count). The van der Waals surface area contributed by atoms with E-state index in [1.807, 2.05) is 59.6 Å². The molecule has 1 saturated heterocycles. The molecule has 0 bridgehead atoms. The molecule has 0 radical (unpaired) electrons. The van der Waals surface area contributed by atoms with E-state index in [4.69, 9.17) is 12.2 Å². The van der Waals surface area contributed by atoms with Crippen molar-refractivity contribution in [3.05, 3.63) is 108 Å². The van der Waals surface area contributed by atoms with Gasteiger partial charge in [-0.2, -0.15) is 0 Å². The summed E-state index contributed by atoms with van der Waals surface area (Å²) in [6.45, 7) is 1.75. The van der Waals surface area contributed by atoms with Crippen molar-refractivity contribution in [3.63, 3.8) is 0 Å². The number of anilines is 1. The number of rotatable bonds is 4. The van der Waals surface area contributed by atoms with Crippen LogP contribution in [-0.4, -0.2) is 19.8 Å². The third kappa shape index (κ3) is 3.50. The molecule has 2 atom stereocenters. The molecule has 160 valence electrons. The third-order valence-electron chi connectivity index (χ3n) is 5.73. The number of aromatic hydroxyl groups is 1. The minimum absolute atomic E-state index is 0.208. The molecule has 1 aliphatic rings. The number of thiocarbonyl (C=S) groups is 1. The standard InChI is InChI=1S/C25H21FN4OS/c1-16-15-18(9-12-20(16)26)30-24(23(28-25(30)32)21-5-2-3-13-27-21)22-6-4-14-29(22)17-7-10-19(31)11-8-17/h2-15,23-24,31H,1H3,(H,28,32)/t23-,24+/m1/s1. The highest BCUT2D eigenvalue weighted by Gasteiger charge is 2.42. The van der Waals surface area contributed by atoms with Gasteiger partial charge in [0.1, 0.15) is 17.6 Å². The van der Waals surface area contributed by atoms with Gasteiger partial charge in [-0.25, -0.2) is 4.39 Å².